The summed E-state index contributed by atoms with van der Waals surface area (Å²) in [7, 11) is -3.79. The number of rotatable bonds is 6. The number of piperidine rings is 1. The number of nitrogens with zero attached hydrogens (tertiary/aromatic N) is 1. The monoisotopic (exact) mass is 402 g/mol. The fourth-order valence-corrected chi connectivity index (χ4v) is 4.69. The van der Waals surface area contributed by atoms with E-state index in [1.54, 1.807) is 6.92 Å². The Morgan fingerprint density at radius 2 is 1.92 bits per heavy atom. The predicted molar refractivity (Wildman–Crippen MR) is 97.6 cm³/mol. The van der Waals surface area contributed by atoms with E-state index in [2.05, 4.69) is 5.32 Å². The van der Waals surface area contributed by atoms with Crippen molar-refractivity contribution in [2.45, 2.75) is 44.1 Å². The minimum atomic E-state index is -3.79. The topological polar surface area (TPSA) is 92.8 Å². The number of amides is 1. The highest BCUT2D eigenvalue weighted by atomic mass is 35.5. The van der Waals surface area contributed by atoms with E-state index in [-0.39, 0.29) is 15.5 Å². The molecule has 144 valence electrons. The maximum absolute atomic E-state index is 12.8. The Hall–Kier alpha value is -1.64. The highest BCUT2D eigenvalue weighted by molar-refractivity contribution is 7.89. The van der Waals surface area contributed by atoms with Crippen LogP contribution in [0.2, 0.25) is 5.02 Å². The zero-order valence-electron chi connectivity index (χ0n) is 14.8. The molecule has 1 aromatic rings. The molecule has 0 radical (unpaired) electrons. The van der Waals surface area contributed by atoms with Gasteiger partial charge in [-0.25, -0.2) is 13.2 Å². The fraction of sp³-hybridized carbons (Fsp3) is 0.529. The molecule has 9 heteroatoms. The lowest BCUT2D eigenvalue weighted by molar-refractivity contribution is -0.128. The molecule has 1 aliphatic rings. The lowest BCUT2D eigenvalue weighted by Gasteiger charge is -2.26. The summed E-state index contributed by atoms with van der Waals surface area (Å²) < 4.78 is 32.1. The summed E-state index contributed by atoms with van der Waals surface area (Å²) in [4.78, 5) is 23.8. The van der Waals surface area contributed by atoms with Crippen LogP contribution in [-0.2, 0) is 19.6 Å². The van der Waals surface area contributed by atoms with Gasteiger partial charge in [0.05, 0.1) is 10.6 Å². The number of carbonyl (C=O) groups is 2. The molecule has 1 amide bonds. The normalized spacial score (nSPS) is 16.7. The van der Waals surface area contributed by atoms with Crippen LogP contribution in [0, 0.1) is 0 Å². The number of likely N-dealkylation sites (N-methyl/N-ethyl adjacent to an activating group) is 1. The van der Waals surface area contributed by atoms with Crippen LogP contribution < -0.4 is 5.32 Å². The number of hydrogen-bond acceptors (Lipinski definition) is 5. The summed E-state index contributed by atoms with van der Waals surface area (Å²) in [5, 5.41) is 2.60. The van der Waals surface area contributed by atoms with Gasteiger partial charge in [-0.1, -0.05) is 18.0 Å². The Balaban J connectivity index is 2.23. The number of halogens is 1. The van der Waals surface area contributed by atoms with Crippen LogP contribution in [0.25, 0.3) is 0 Å². The highest BCUT2D eigenvalue weighted by Crippen LogP contribution is 2.28. The van der Waals surface area contributed by atoms with Gasteiger partial charge >= 0.3 is 5.97 Å². The van der Waals surface area contributed by atoms with Crippen LogP contribution in [0.15, 0.2) is 23.1 Å². The molecule has 0 aromatic heterocycles. The van der Waals surface area contributed by atoms with Gasteiger partial charge in [0.15, 0.2) is 6.10 Å². The number of ether oxygens (including phenoxy) is 1. The molecule has 1 aliphatic heterocycles. The van der Waals surface area contributed by atoms with E-state index >= 15 is 0 Å². The second-order valence-corrected chi connectivity index (χ2v) is 8.37. The minimum Gasteiger partial charge on any atom is -0.449 e. The average Bonchev–Trinajstić information content (AvgIpc) is 2.62. The Labute approximate surface area is 158 Å². The first-order valence-corrected chi connectivity index (χ1v) is 10.4. The van der Waals surface area contributed by atoms with Gasteiger partial charge in [-0.2, -0.15) is 4.31 Å². The largest absolute Gasteiger partial charge is 0.449 e. The third-order valence-corrected chi connectivity index (χ3v) is 6.48. The molecule has 1 heterocycles. The first kappa shape index (κ1) is 20.7. The van der Waals surface area contributed by atoms with Crippen LogP contribution in [0.3, 0.4) is 0 Å². The average molecular weight is 403 g/mol. The molecule has 2 rings (SSSR count). The van der Waals surface area contributed by atoms with Gasteiger partial charge < -0.3 is 10.1 Å². The first-order valence-electron chi connectivity index (χ1n) is 8.55. The van der Waals surface area contributed by atoms with E-state index in [1.165, 1.54) is 29.4 Å². The van der Waals surface area contributed by atoms with Gasteiger partial charge in [0.25, 0.3) is 5.91 Å². The summed E-state index contributed by atoms with van der Waals surface area (Å²) in [6, 6.07) is 3.94. The number of carbonyl (C=O) groups excluding carboxylic acids is 2. The van der Waals surface area contributed by atoms with Crippen molar-refractivity contribution in [2.24, 2.45) is 0 Å². The van der Waals surface area contributed by atoms with Crippen molar-refractivity contribution in [1.29, 1.82) is 0 Å². The highest BCUT2D eigenvalue weighted by Gasteiger charge is 2.29. The van der Waals surface area contributed by atoms with Crippen LogP contribution in [0.4, 0.5) is 0 Å². The molecular weight excluding hydrogens is 380 g/mol. The van der Waals surface area contributed by atoms with Crippen molar-refractivity contribution in [2.75, 3.05) is 19.6 Å². The maximum atomic E-state index is 12.8. The van der Waals surface area contributed by atoms with Crippen molar-refractivity contribution in [3.63, 3.8) is 0 Å². The molecule has 1 N–H and O–H groups in total. The molecular formula is C17H23ClN2O5S. The minimum absolute atomic E-state index is 0.0288. The molecule has 0 spiro atoms. The molecule has 0 bridgehead atoms. The van der Waals surface area contributed by atoms with E-state index in [1.807, 2.05) is 0 Å². The van der Waals surface area contributed by atoms with Gasteiger partial charge in [-0.15, -0.1) is 0 Å². The molecule has 1 atom stereocenters. The van der Waals surface area contributed by atoms with E-state index in [9.17, 15) is 18.0 Å². The third-order valence-electron chi connectivity index (χ3n) is 4.10. The fourth-order valence-electron chi connectivity index (χ4n) is 2.67. The van der Waals surface area contributed by atoms with Crippen molar-refractivity contribution in [3.8, 4) is 0 Å². The summed E-state index contributed by atoms with van der Waals surface area (Å²) in [6.07, 6.45) is 1.59. The SMILES string of the molecule is CCNC(=O)[C@H](C)OC(=O)c1ccc(Cl)c(S(=O)(=O)N2CCCCC2)c1. The lowest BCUT2D eigenvalue weighted by atomic mass is 10.2. The van der Waals surface area contributed by atoms with Crippen molar-refractivity contribution in [3.05, 3.63) is 28.8 Å². The predicted octanol–water partition coefficient (Wildman–Crippen LogP) is 2.20. The Morgan fingerprint density at radius 3 is 2.54 bits per heavy atom. The van der Waals surface area contributed by atoms with E-state index in [0.717, 1.165) is 19.3 Å². The number of nitrogens with one attached hydrogen (secondary N) is 1. The molecule has 7 nitrogen and oxygen atoms in total. The van der Waals surface area contributed by atoms with Crippen LogP contribution >= 0.6 is 11.6 Å². The zero-order valence-corrected chi connectivity index (χ0v) is 16.4. The second kappa shape index (κ2) is 8.83. The zero-order chi connectivity index (χ0) is 19.3. The number of hydrogen-bond donors (Lipinski definition) is 1. The number of benzene rings is 1. The van der Waals surface area contributed by atoms with E-state index < -0.39 is 28.0 Å². The van der Waals surface area contributed by atoms with Crippen LogP contribution in [-0.4, -0.2) is 50.3 Å². The van der Waals surface area contributed by atoms with E-state index in [4.69, 9.17) is 16.3 Å². The summed E-state index contributed by atoms with van der Waals surface area (Å²) >= 11 is 6.08. The smallest absolute Gasteiger partial charge is 0.338 e. The van der Waals surface area contributed by atoms with Crippen molar-refractivity contribution < 1.29 is 22.7 Å². The molecule has 1 fully saturated rings. The standard InChI is InChI=1S/C17H23ClN2O5S/c1-3-19-16(21)12(2)25-17(22)13-7-8-14(18)15(11-13)26(23,24)20-9-5-4-6-10-20/h7-8,11-12H,3-6,9-10H2,1-2H3,(H,19,21)/t12-/m0/s1. The van der Waals surface area contributed by atoms with Gasteiger partial charge in [-0.05, 0) is 44.9 Å². The second-order valence-electron chi connectivity index (χ2n) is 6.05. The van der Waals surface area contributed by atoms with Crippen molar-refractivity contribution in [1.82, 2.24) is 9.62 Å². The maximum Gasteiger partial charge on any atom is 0.338 e. The third kappa shape index (κ3) is 4.75. The molecule has 1 saturated heterocycles. The van der Waals surface area contributed by atoms with Gasteiger partial charge in [-0.3, -0.25) is 4.79 Å². The van der Waals surface area contributed by atoms with E-state index in [0.29, 0.717) is 19.6 Å². The Morgan fingerprint density at radius 1 is 1.27 bits per heavy atom. The summed E-state index contributed by atoms with van der Waals surface area (Å²) in [6.45, 7) is 4.48. The van der Waals surface area contributed by atoms with Gasteiger partial charge in [0.2, 0.25) is 10.0 Å². The number of esters is 1. The molecule has 1 aromatic carbocycles. The molecule has 0 unspecified atom stereocenters. The Bertz CT molecular complexity index is 775. The molecule has 26 heavy (non-hydrogen) atoms. The quantitative estimate of drug-likeness (QED) is 0.736. The summed E-state index contributed by atoms with van der Waals surface area (Å²) in [5.74, 6) is -1.20. The van der Waals surface area contributed by atoms with Crippen molar-refractivity contribution >= 4 is 33.5 Å². The number of sulfonamides is 1. The lowest BCUT2D eigenvalue weighted by Crippen LogP contribution is -2.36. The Kier molecular flexibility index (Phi) is 7.02. The summed E-state index contributed by atoms with van der Waals surface area (Å²) in [5.41, 5.74) is 0.0288. The van der Waals surface area contributed by atoms with Crippen LogP contribution in [0.1, 0.15) is 43.5 Å². The van der Waals surface area contributed by atoms with Crippen LogP contribution in [0.5, 0.6) is 0 Å². The first-order chi connectivity index (χ1) is 12.3. The van der Waals surface area contributed by atoms with Gasteiger partial charge in [0, 0.05) is 19.6 Å². The molecule has 0 aliphatic carbocycles. The molecule has 0 saturated carbocycles. The van der Waals surface area contributed by atoms with Gasteiger partial charge in [0.1, 0.15) is 4.90 Å².